The number of aliphatic carboxylic acids is 1. The number of H-pyrrole nitrogens is 1. The Kier molecular flexibility index (Phi) is 5.87. The van der Waals surface area contributed by atoms with Crippen LogP contribution in [-0.4, -0.2) is 42.4 Å². The largest absolute Gasteiger partial charge is 0.493 e. The summed E-state index contributed by atoms with van der Waals surface area (Å²) >= 11 is 0. The first-order chi connectivity index (χ1) is 13.9. The summed E-state index contributed by atoms with van der Waals surface area (Å²) in [7, 11) is 2.96. The molecule has 8 nitrogen and oxygen atoms in total. The van der Waals surface area contributed by atoms with Crippen molar-refractivity contribution in [2.24, 2.45) is 0 Å². The van der Waals surface area contributed by atoms with Crippen LogP contribution >= 0.6 is 0 Å². The molecule has 29 heavy (non-hydrogen) atoms. The molecule has 0 radical (unpaired) electrons. The van der Waals surface area contributed by atoms with E-state index in [0.29, 0.717) is 33.7 Å². The van der Waals surface area contributed by atoms with Gasteiger partial charge in [0.2, 0.25) is 0 Å². The molecule has 0 bridgehead atoms. The Bertz CT molecular complexity index is 1050. The molecule has 0 spiro atoms. The normalized spacial score (nSPS) is 11.7. The van der Waals surface area contributed by atoms with E-state index in [-0.39, 0.29) is 6.42 Å². The molecule has 0 aliphatic rings. The standard InChI is InChI=1S/C20H20FN3O5/c1-28-17-6-4-13(9-18(17)29-2)23-20(27)24-16(19(25)26)7-11-10-22-15-8-12(21)3-5-14(11)15/h3-6,8-10,16,22H,7H2,1-2H3,(H,25,26)(H2,23,24,27)/t16-/m0/s1. The van der Waals surface area contributed by atoms with Gasteiger partial charge in [-0.1, -0.05) is 0 Å². The van der Waals surface area contributed by atoms with E-state index in [2.05, 4.69) is 15.6 Å². The summed E-state index contributed by atoms with van der Waals surface area (Å²) in [5.74, 6) is -0.666. The number of urea groups is 1. The van der Waals surface area contributed by atoms with Crippen LogP contribution < -0.4 is 20.1 Å². The number of methoxy groups -OCH3 is 2. The third-order valence-electron chi connectivity index (χ3n) is 4.40. The molecule has 0 saturated heterocycles. The molecule has 1 heterocycles. The van der Waals surface area contributed by atoms with Crippen molar-refractivity contribution in [1.29, 1.82) is 0 Å². The fourth-order valence-electron chi connectivity index (χ4n) is 2.99. The first kappa shape index (κ1) is 20.0. The van der Waals surface area contributed by atoms with Crippen molar-refractivity contribution in [3.63, 3.8) is 0 Å². The molecule has 152 valence electrons. The van der Waals surface area contributed by atoms with Gasteiger partial charge in [0.15, 0.2) is 11.5 Å². The van der Waals surface area contributed by atoms with Crippen molar-refractivity contribution in [3.8, 4) is 11.5 Å². The van der Waals surface area contributed by atoms with E-state index in [1.807, 2.05) is 0 Å². The van der Waals surface area contributed by atoms with Crippen LogP contribution in [0.25, 0.3) is 10.9 Å². The zero-order valence-electron chi connectivity index (χ0n) is 15.8. The second kappa shape index (κ2) is 8.51. The maximum absolute atomic E-state index is 13.3. The van der Waals surface area contributed by atoms with E-state index in [0.717, 1.165) is 0 Å². The predicted octanol–water partition coefficient (Wildman–Crippen LogP) is 3.14. The smallest absolute Gasteiger partial charge is 0.326 e. The second-order valence-electron chi connectivity index (χ2n) is 6.27. The Balaban J connectivity index is 1.71. The predicted molar refractivity (Wildman–Crippen MR) is 105 cm³/mol. The van der Waals surface area contributed by atoms with Gasteiger partial charge in [-0.2, -0.15) is 0 Å². The second-order valence-corrected chi connectivity index (χ2v) is 6.27. The number of hydrogen-bond acceptors (Lipinski definition) is 4. The molecule has 1 aromatic heterocycles. The highest BCUT2D eigenvalue weighted by atomic mass is 19.1. The zero-order valence-corrected chi connectivity index (χ0v) is 15.8. The fourth-order valence-corrected chi connectivity index (χ4v) is 2.99. The number of halogens is 1. The number of aromatic nitrogens is 1. The topological polar surface area (TPSA) is 113 Å². The molecule has 0 unspecified atom stereocenters. The van der Waals surface area contributed by atoms with E-state index in [1.165, 1.54) is 26.4 Å². The monoisotopic (exact) mass is 401 g/mol. The molecule has 0 aliphatic carbocycles. The Morgan fingerprint density at radius 3 is 2.59 bits per heavy atom. The summed E-state index contributed by atoms with van der Waals surface area (Å²) in [6.45, 7) is 0. The van der Waals surface area contributed by atoms with Crippen LogP contribution in [0.5, 0.6) is 11.5 Å². The number of amides is 2. The van der Waals surface area contributed by atoms with Crippen LogP contribution in [0.3, 0.4) is 0 Å². The summed E-state index contributed by atoms with van der Waals surface area (Å²) in [6, 6.07) is 7.11. The number of carboxylic acid groups (broad SMARTS) is 1. The lowest BCUT2D eigenvalue weighted by Crippen LogP contribution is -2.44. The zero-order chi connectivity index (χ0) is 21.0. The Morgan fingerprint density at radius 1 is 1.14 bits per heavy atom. The van der Waals surface area contributed by atoms with Crippen molar-refractivity contribution in [2.45, 2.75) is 12.5 Å². The van der Waals surface area contributed by atoms with E-state index < -0.39 is 23.9 Å². The Morgan fingerprint density at radius 2 is 1.90 bits per heavy atom. The number of benzene rings is 2. The maximum atomic E-state index is 13.3. The van der Waals surface area contributed by atoms with Gasteiger partial charge >= 0.3 is 12.0 Å². The highest BCUT2D eigenvalue weighted by Crippen LogP contribution is 2.29. The van der Waals surface area contributed by atoms with Gasteiger partial charge in [-0.25, -0.2) is 14.0 Å². The minimum atomic E-state index is -1.19. The number of aromatic amines is 1. The number of hydrogen-bond donors (Lipinski definition) is 4. The summed E-state index contributed by atoms with van der Waals surface area (Å²) in [4.78, 5) is 26.8. The SMILES string of the molecule is COc1ccc(NC(=O)N[C@@H](Cc2c[nH]c3cc(F)ccc23)C(=O)O)cc1OC. The average molecular weight is 401 g/mol. The van der Waals surface area contributed by atoms with E-state index >= 15 is 0 Å². The van der Waals surface area contributed by atoms with E-state index in [9.17, 15) is 19.1 Å². The van der Waals surface area contributed by atoms with Crippen molar-refractivity contribution < 1.29 is 28.6 Å². The van der Waals surface area contributed by atoms with Crippen molar-refractivity contribution in [3.05, 3.63) is 54.0 Å². The minimum absolute atomic E-state index is 0.0281. The minimum Gasteiger partial charge on any atom is -0.493 e. The van der Waals surface area contributed by atoms with Gasteiger partial charge < -0.3 is 30.2 Å². The first-order valence-corrected chi connectivity index (χ1v) is 8.69. The van der Waals surface area contributed by atoms with Gasteiger partial charge in [0.1, 0.15) is 11.9 Å². The summed E-state index contributed by atoms with van der Waals surface area (Å²) < 4.78 is 23.6. The van der Waals surface area contributed by atoms with Crippen LogP contribution in [-0.2, 0) is 11.2 Å². The highest BCUT2D eigenvalue weighted by molar-refractivity contribution is 5.93. The highest BCUT2D eigenvalue weighted by Gasteiger charge is 2.22. The van der Waals surface area contributed by atoms with Crippen LogP contribution in [0.1, 0.15) is 5.56 Å². The molecule has 0 saturated carbocycles. The van der Waals surface area contributed by atoms with Gasteiger partial charge in [-0.15, -0.1) is 0 Å². The molecule has 0 aliphatic heterocycles. The van der Waals surface area contributed by atoms with Crippen molar-refractivity contribution >= 4 is 28.6 Å². The number of carbonyl (C=O) groups excluding carboxylic acids is 1. The van der Waals surface area contributed by atoms with Gasteiger partial charge in [0, 0.05) is 35.3 Å². The average Bonchev–Trinajstić information content (AvgIpc) is 3.08. The van der Waals surface area contributed by atoms with Crippen LogP contribution in [0.15, 0.2) is 42.6 Å². The number of carboxylic acids is 1. The molecular formula is C20H20FN3O5. The molecular weight excluding hydrogens is 381 g/mol. The maximum Gasteiger partial charge on any atom is 0.326 e. The Hall–Kier alpha value is -3.75. The van der Waals surface area contributed by atoms with E-state index in [4.69, 9.17) is 9.47 Å². The number of nitrogens with one attached hydrogen (secondary N) is 3. The van der Waals surface area contributed by atoms with Gasteiger partial charge in [-0.3, -0.25) is 0 Å². The molecule has 3 aromatic rings. The summed E-state index contributed by atoms with van der Waals surface area (Å²) in [5, 5.41) is 15.2. The lowest BCUT2D eigenvalue weighted by Gasteiger charge is -2.16. The van der Waals surface area contributed by atoms with Gasteiger partial charge in [0.05, 0.1) is 14.2 Å². The lowest BCUT2D eigenvalue weighted by molar-refractivity contribution is -0.139. The van der Waals surface area contributed by atoms with Gasteiger partial charge in [-0.05, 0) is 35.9 Å². The Labute approximate surface area is 165 Å². The molecule has 9 heteroatoms. The number of rotatable bonds is 7. The van der Waals surface area contributed by atoms with Crippen LogP contribution in [0.4, 0.5) is 14.9 Å². The molecule has 0 fully saturated rings. The van der Waals surface area contributed by atoms with E-state index in [1.54, 1.807) is 30.5 Å². The molecule has 4 N–H and O–H groups in total. The summed E-state index contributed by atoms with van der Waals surface area (Å²) in [6.07, 6.45) is 1.63. The quantitative estimate of drug-likeness (QED) is 0.486. The van der Waals surface area contributed by atoms with Crippen LogP contribution in [0, 0.1) is 5.82 Å². The fraction of sp³-hybridized carbons (Fsp3) is 0.200. The molecule has 2 amide bonds. The number of fused-ring (bicyclic) bond motifs is 1. The summed E-state index contributed by atoms with van der Waals surface area (Å²) in [5.41, 5.74) is 1.62. The van der Waals surface area contributed by atoms with Crippen molar-refractivity contribution in [1.82, 2.24) is 10.3 Å². The lowest BCUT2D eigenvalue weighted by atomic mass is 10.1. The molecule has 1 atom stereocenters. The third-order valence-corrected chi connectivity index (χ3v) is 4.40. The molecule has 2 aromatic carbocycles. The number of ether oxygens (including phenoxy) is 2. The van der Waals surface area contributed by atoms with Crippen molar-refractivity contribution in [2.75, 3.05) is 19.5 Å². The van der Waals surface area contributed by atoms with Crippen LogP contribution in [0.2, 0.25) is 0 Å². The molecule has 3 rings (SSSR count). The third kappa shape index (κ3) is 4.57. The number of carbonyl (C=O) groups is 2. The first-order valence-electron chi connectivity index (χ1n) is 8.69. The number of anilines is 1. The van der Waals surface area contributed by atoms with Gasteiger partial charge in [0.25, 0.3) is 0 Å².